The largest absolute Gasteiger partial charge is 0.279 e. The Balaban J connectivity index is 3.22. The molecule has 0 atom stereocenters. The van der Waals surface area contributed by atoms with Crippen LogP contribution in [0.1, 0.15) is 26.3 Å². The molecule has 0 N–H and O–H groups in total. The highest BCUT2D eigenvalue weighted by Crippen LogP contribution is 2.18. The highest BCUT2D eigenvalue weighted by molar-refractivity contribution is 6.29. The van der Waals surface area contributed by atoms with Crippen molar-refractivity contribution in [1.82, 2.24) is 0 Å². The molecule has 76 valence electrons. The van der Waals surface area contributed by atoms with Gasteiger partial charge in [0.2, 0.25) is 5.78 Å². The highest BCUT2D eigenvalue weighted by Gasteiger charge is 2.10. The molecule has 1 rings (SSSR count). The lowest BCUT2D eigenvalue weighted by Gasteiger charge is -2.05. The van der Waals surface area contributed by atoms with Crippen LogP contribution in [0.15, 0.2) is 35.9 Å². The van der Waals surface area contributed by atoms with Crippen molar-refractivity contribution in [2.24, 2.45) is 0 Å². The second-order valence-corrected chi connectivity index (χ2v) is 3.45. The van der Waals surface area contributed by atoms with Gasteiger partial charge in [-0.1, -0.05) is 41.8 Å². The molecule has 1 heteroatoms. The minimum atomic E-state index is -0.108. The van der Waals surface area contributed by atoms with Crippen LogP contribution >= 0.6 is 0 Å². The summed E-state index contributed by atoms with van der Waals surface area (Å²) in [6.45, 7) is 5.53. The van der Waals surface area contributed by atoms with Gasteiger partial charge in [-0.15, -0.1) is 0 Å². The van der Waals surface area contributed by atoms with Crippen molar-refractivity contribution in [3.63, 3.8) is 0 Å². The molecule has 0 fully saturated rings. The Bertz CT molecular complexity index is 437. The van der Waals surface area contributed by atoms with Crippen molar-refractivity contribution >= 4 is 11.4 Å². The van der Waals surface area contributed by atoms with Crippen LogP contribution in [0.5, 0.6) is 0 Å². The number of hydrogen-bond acceptors (Lipinski definition) is 1. The standard InChI is InChI=1S/C14H14O/c1-4-8-13(15)14(11(2)3)12-9-6-5-7-10-12/h5-7,9-10H,1-3H3. The molecule has 0 saturated carbocycles. The van der Waals surface area contributed by atoms with Gasteiger partial charge in [-0.25, -0.2) is 0 Å². The van der Waals surface area contributed by atoms with E-state index in [2.05, 4.69) is 11.8 Å². The van der Waals surface area contributed by atoms with Crippen LogP contribution in [0.2, 0.25) is 0 Å². The van der Waals surface area contributed by atoms with Gasteiger partial charge in [0, 0.05) is 5.57 Å². The molecule has 0 aliphatic rings. The van der Waals surface area contributed by atoms with Crippen LogP contribution < -0.4 is 0 Å². The number of carbonyl (C=O) groups is 1. The summed E-state index contributed by atoms with van der Waals surface area (Å²) in [5, 5.41) is 0. The highest BCUT2D eigenvalue weighted by atomic mass is 16.1. The summed E-state index contributed by atoms with van der Waals surface area (Å²) in [6.07, 6.45) is 0. The van der Waals surface area contributed by atoms with Crippen LogP contribution in [-0.4, -0.2) is 5.78 Å². The number of hydrogen-bond donors (Lipinski definition) is 0. The van der Waals surface area contributed by atoms with E-state index in [1.54, 1.807) is 6.92 Å². The smallest absolute Gasteiger partial charge is 0.236 e. The molecular weight excluding hydrogens is 184 g/mol. The van der Waals surface area contributed by atoms with E-state index in [9.17, 15) is 4.79 Å². The Hall–Kier alpha value is -1.81. The number of ketones is 1. The molecule has 0 amide bonds. The SMILES string of the molecule is CC#CC(=O)C(=C(C)C)c1ccccc1. The Morgan fingerprint density at radius 3 is 2.20 bits per heavy atom. The first-order chi connectivity index (χ1) is 7.16. The molecule has 0 spiro atoms. The van der Waals surface area contributed by atoms with Crippen molar-refractivity contribution in [2.45, 2.75) is 20.8 Å². The zero-order chi connectivity index (χ0) is 11.3. The molecular formula is C14H14O. The monoisotopic (exact) mass is 198 g/mol. The van der Waals surface area contributed by atoms with Crippen LogP contribution in [0.4, 0.5) is 0 Å². The third-order valence-corrected chi connectivity index (χ3v) is 2.03. The van der Waals surface area contributed by atoms with E-state index in [1.165, 1.54) is 0 Å². The van der Waals surface area contributed by atoms with Gasteiger partial charge in [0.15, 0.2) is 0 Å². The molecule has 0 aromatic heterocycles. The summed E-state index contributed by atoms with van der Waals surface area (Å²) >= 11 is 0. The first kappa shape index (κ1) is 11.3. The fourth-order valence-electron chi connectivity index (χ4n) is 1.43. The molecule has 1 aromatic rings. The quantitative estimate of drug-likeness (QED) is 0.405. The molecule has 0 aliphatic carbocycles. The molecule has 1 nitrogen and oxygen atoms in total. The van der Waals surface area contributed by atoms with Gasteiger partial charge >= 0.3 is 0 Å². The summed E-state index contributed by atoms with van der Waals surface area (Å²) in [7, 11) is 0. The number of allylic oxidation sites excluding steroid dienone is 2. The third kappa shape index (κ3) is 2.82. The second kappa shape index (κ2) is 5.17. The maximum absolute atomic E-state index is 11.8. The Morgan fingerprint density at radius 1 is 1.13 bits per heavy atom. The second-order valence-electron chi connectivity index (χ2n) is 3.45. The first-order valence-electron chi connectivity index (χ1n) is 4.86. The van der Waals surface area contributed by atoms with Gasteiger partial charge in [-0.05, 0) is 32.3 Å². The van der Waals surface area contributed by atoms with Gasteiger partial charge in [0.05, 0.1) is 0 Å². The minimum absolute atomic E-state index is 0.108. The normalized spacial score (nSPS) is 8.73. The zero-order valence-corrected chi connectivity index (χ0v) is 9.29. The Morgan fingerprint density at radius 2 is 1.73 bits per heavy atom. The van der Waals surface area contributed by atoms with E-state index in [-0.39, 0.29) is 5.78 Å². The van der Waals surface area contributed by atoms with Gasteiger partial charge in [-0.3, -0.25) is 4.79 Å². The molecule has 1 aromatic carbocycles. The van der Waals surface area contributed by atoms with E-state index in [4.69, 9.17) is 0 Å². The molecule has 0 radical (unpaired) electrons. The van der Waals surface area contributed by atoms with E-state index in [1.807, 2.05) is 44.2 Å². The third-order valence-electron chi connectivity index (χ3n) is 2.03. The Labute approximate surface area is 90.8 Å². The summed E-state index contributed by atoms with van der Waals surface area (Å²) in [6, 6.07) is 9.63. The van der Waals surface area contributed by atoms with Crippen LogP contribution in [-0.2, 0) is 4.79 Å². The number of Topliss-reactive ketones (excluding diaryl/α,β-unsaturated/α-hetero) is 1. The first-order valence-corrected chi connectivity index (χ1v) is 4.86. The predicted molar refractivity (Wildman–Crippen MR) is 63.2 cm³/mol. The Kier molecular flexibility index (Phi) is 3.88. The maximum Gasteiger partial charge on any atom is 0.236 e. The van der Waals surface area contributed by atoms with E-state index < -0.39 is 0 Å². The molecule has 15 heavy (non-hydrogen) atoms. The average molecular weight is 198 g/mol. The molecule has 0 saturated heterocycles. The number of benzene rings is 1. The maximum atomic E-state index is 11.8. The fraction of sp³-hybridized carbons (Fsp3) is 0.214. The molecule has 0 unspecified atom stereocenters. The topological polar surface area (TPSA) is 17.1 Å². The summed E-state index contributed by atoms with van der Waals surface area (Å²) in [5.74, 6) is 5.11. The zero-order valence-electron chi connectivity index (χ0n) is 9.29. The average Bonchev–Trinajstić information content (AvgIpc) is 2.19. The number of rotatable bonds is 2. The van der Waals surface area contributed by atoms with Crippen LogP contribution in [0, 0.1) is 11.8 Å². The van der Waals surface area contributed by atoms with Crippen molar-refractivity contribution in [3.8, 4) is 11.8 Å². The van der Waals surface area contributed by atoms with Crippen molar-refractivity contribution in [2.75, 3.05) is 0 Å². The summed E-state index contributed by atoms with van der Waals surface area (Å²) in [5.41, 5.74) is 2.64. The van der Waals surface area contributed by atoms with E-state index >= 15 is 0 Å². The van der Waals surface area contributed by atoms with Crippen molar-refractivity contribution in [1.29, 1.82) is 0 Å². The van der Waals surface area contributed by atoms with Crippen LogP contribution in [0.25, 0.3) is 5.57 Å². The lowest BCUT2D eigenvalue weighted by Crippen LogP contribution is -2.00. The van der Waals surface area contributed by atoms with Gasteiger partial charge in [0.25, 0.3) is 0 Å². The minimum Gasteiger partial charge on any atom is -0.279 e. The van der Waals surface area contributed by atoms with E-state index in [0.717, 1.165) is 11.1 Å². The summed E-state index contributed by atoms with van der Waals surface area (Å²) in [4.78, 5) is 11.8. The van der Waals surface area contributed by atoms with Crippen molar-refractivity contribution < 1.29 is 4.79 Å². The fourth-order valence-corrected chi connectivity index (χ4v) is 1.43. The lowest BCUT2D eigenvalue weighted by atomic mass is 9.98. The van der Waals surface area contributed by atoms with Gasteiger partial charge in [0.1, 0.15) is 0 Å². The summed E-state index contributed by atoms with van der Waals surface area (Å²) < 4.78 is 0. The van der Waals surface area contributed by atoms with E-state index in [0.29, 0.717) is 5.57 Å². The molecule has 0 aliphatic heterocycles. The van der Waals surface area contributed by atoms with Gasteiger partial charge in [-0.2, -0.15) is 0 Å². The number of carbonyl (C=O) groups excluding carboxylic acids is 1. The molecule has 0 heterocycles. The van der Waals surface area contributed by atoms with Crippen LogP contribution in [0.3, 0.4) is 0 Å². The predicted octanol–water partition coefficient (Wildman–Crippen LogP) is 3.07. The molecule has 0 bridgehead atoms. The van der Waals surface area contributed by atoms with Gasteiger partial charge < -0.3 is 0 Å². The van der Waals surface area contributed by atoms with Crippen molar-refractivity contribution in [3.05, 3.63) is 41.5 Å². The lowest BCUT2D eigenvalue weighted by molar-refractivity contribution is -0.108.